The molecule has 1 heterocycles. The molecular weight excluding hydrogens is 645 g/mol. The molecule has 4 aromatic carbocycles. The van der Waals surface area contributed by atoms with Crippen LogP contribution in [0.5, 0.6) is 5.75 Å². The summed E-state index contributed by atoms with van der Waals surface area (Å²) in [6, 6.07) is 26.1. The van der Waals surface area contributed by atoms with E-state index >= 15 is 0 Å². The fourth-order valence-corrected chi connectivity index (χ4v) is 6.34. The molecule has 1 saturated heterocycles. The van der Waals surface area contributed by atoms with Crippen LogP contribution in [0.1, 0.15) is 24.0 Å². The number of sulfonamides is 1. The number of hydrogen-bond donors (Lipinski definition) is 2. The molecule has 47 heavy (non-hydrogen) atoms. The van der Waals surface area contributed by atoms with Crippen LogP contribution in [0.15, 0.2) is 108 Å². The maximum atomic E-state index is 13.9. The molecule has 9 nitrogen and oxygen atoms in total. The van der Waals surface area contributed by atoms with Gasteiger partial charge in [0.25, 0.3) is 15.9 Å². The topological polar surface area (TPSA) is 114 Å². The van der Waals surface area contributed by atoms with Gasteiger partial charge >= 0.3 is 0 Å². The lowest BCUT2D eigenvalue weighted by Gasteiger charge is -2.31. The molecule has 12 heteroatoms. The summed E-state index contributed by atoms with van der Waals surface area (Å²) in [5.41, 5.74) is 1.87. The van der Waals surface area contributed by atoms with Crippen molar-refractivity contribution >= 4 is 39.1 Å². The second-order valence-electron chi connectivity index (χ2n) is 11.1. The summed E-state index contributed by atoms with van der Waals surface area (Å²) in [7, 11) is -3.95. The smallest absolute Gasteiger partial charge is 0.261 e. The zero-order chi connectivity index (χ0) is 33.2. The molecule has 1 aliphatic heterocycles. The van der Waals surface area contributed by atoms with E-state index < -0.39 is 34.4 Å². The Morgan fingerprint density at radius 2 is 1.64 bits per heavy atom. The Kier molecular flexibility index (Phi) is 11.5. The van der Waals surface area contributed by atoms with E-state index in [0.29, 0.717) is 18.2 Å². The minimum Gasteiger partial charge on any atom is -0.484 e. The third kappa shape index (κ3) is 9.77. The Bertz CT molecular complexity index is 1740. The van der Waals surface area contributed by atoms with E-state index in [1.807, 2.05) is 30.3 Å². The van der Waals surface area contributed by atoms with E-state index in [0.717, 1.165) is 36.1 Å². The monoisotopic (exact) mass is 679 g/mol. The number of rotatable bonds is 14. The van der Waals surface area contributed by atoms with Crippen LogP contribution in [0.25, 0.3) is 0 Å². The zero-order valence-electron chi connectivity index (χ0n) is 25.5. The van der Waals surface area contributed by atoms with Gasteiger partial charge in [-0.25, -0.2) is 12.8 Å². The van der Waals surface area contributed by atoms with Crippen molar-refractivity contribution in [1.29, 1.82) is 0 Å². The van der Waals surface area contributed by atoms with Gasteiger partial charge in [-0.1, -0.05) is 54.1 Å². The van der Waals surface area contributed by atoms with Crippen molar-refractivity contribution in [3.8, 4) is 5.75 Å². The van der Waals surface area contributed by atoms with E-state index in [4.69, 9.17) is 21.1 Å². The Morgan fingerprint density at radius 3 is 2.30 bits per heavy atom. The highest BCUT2D eigenvalue weighted by Gasteiger charge is 2.31. The molecule has 5 rings (SSSR count). The second-order valence-corrected chi connectivity index (χ2v) is 13.2. The van der Waals surface area contributed by atoms with Gasteiger partial charge in [-0.3, -0.25) is 14.3 Å². The predicted molar refractivity (Wildman–Crippen MR) is 177 cm³/mol. The molecule has 246 valence electrons. The maximum Gasteiger partial charge on any atom is 0.261 e. The molecule has 0 aromatic heterocycles. The number of anilines is 1. The zero-order valence-corrected chi connectivity index (χ0v) is 27.1. The van der Waals surface area contributed by atoms with Crippen LogP contribution in [0, 0.1) is 5.82 Å². The van der Waals surface area contributed by atoms with Crippen LogP contribution in [0.3, 0.4) is 0 Å². The molecule has 2 amide bonds. The first-order valence-corrected chi connectivity index (χ1v) is 17.0. The number of halogens is 2. The first kappa shape index (κ1) is 33.9. The van der Waals surface area contributed by atoms with Crippen LogP contribution in [0.4, 0.5) is 10.1 Å². The average molecular weight is 680 g/mol. The SMILES string of the molecule is O=C(NC[C@H]1CCCO1)[C@@H](Cc1ccccc1)N(Cc1ccc(Cl)cc1)C(=O)COc1ccc(S(=O)(=O)Nc2ccc(F)cc2)cc1. The van der Waals surface area contributed by atoms with Crippen molar-refractivity contribution < 1.29 is 31.9 Å². The van der Waals surface area contributed by atoms with Gasteiger partial charge in [-0.15, -0.1) is 0 Å². The molecule has 0 unspecified atom stereocenters. The van der Waals surface area contributed by atoms with Crippen LogP contribution in [-0.4, -0.2) is 57.0 Å². The normalized spacial score (nSPS) is 15.1. The van der Waals surface area contributed by atoms with Crippen molar-refractivity contribution in [1.82, 2.24) is 10.2 Å². The number of hydrogen-bond acceptors (Lipinski definition) is 6. The molecule has 1 aliphatic rings. The van der Waals surface area contributed by atoms with E-state index in [1.165, 1.54) is 41.3 Å². The van der Waals surface area contributed by atoms with Gasteiger partial charge in [0.15, 0.2) is 6.61 Å². The summed E-state index contributed by atoms with van der Waals surface area (Å²) in [6.07, 6.45) is 1.99. The summed E-state index contributed by atoms with van der Waals surface area (Å²) in [4.78, 5) is 29.1. The number of carbonyl (C=O) groups excluding carboxylic acids is 2. The van der Waals surface area contributed by atoms with Gasteiger partial charge in [0.05, 0.1) is 11.0 Å². The highest BCUT2D eigenvalue weighted by atomic mass is 35.5. The summed E-state index contributed by atoms with van der Waals surface area (Å²) >= 11 is 6.11. The largest absolute Gasteiger partial charge is 0.484 e. The predicted octanol–water partition coefficient (Wildman–Crippen LogP) is 5.59. The van der Waals surface area contributed by atoms with Crippen molar-refractivity contribution in [2.24, 2.45) is 0 Å². The van der Waals surface area contributed by atoms with E-state index in [9.17, 15) is 22.4 Å². The molecule has 0 radical (unpaired) electrons. The minimum atomic E-state index is -3.95. The molecule has 2 N–H and O–H groups in total. The summed E-state index contributed by atoms with van der Waals surface area (Å²) in [5.74, 6) is -0.980. The number of benzene rings is 4. The number of nitrogens with zero attached hydrogens (tertiary/aromatic N) is 1. The molecule has 0 aliphatic carbocycles. The molecule has 1 fully saturated rings. The molecule has 0 spiro atoms. The lowest BCUT2D eigenvalue weighted by atomic mass is 10.0. The first-order valence-electron chi connectivity index (χ1n) is 15.1. The Morgan fingerprint density at radius 1 is 0.936 bits per heavy atom. The molecule has 2 atom stereocenters. The van der Waals surface area contributed by atoms with Gasteiger partial charge in [-0.05, 0) is 84.6 Å². The fraction of sp³-hybridized carbons (Fsp3) is 0.257. The van der Waals surface area contributed by atoms with E-state index in [1.54, 1.807) is 24.3 Å². The Hall–Kier alpha value is -4.45. The minimum absolute atomic E-state index is 0.0456. The van der Waals surface area contributed by atoms with E-state index in [-0.39, 0.29) is 41.3 Å². The summed E-state index contributed by atoms with van der Waals surface area (Å²) in [5, 5.41) is 3.53. The number of ether oxygens (including phenoxy) is 2. The van der Waals surface area contributed by atoms with Gasteiger partial charge in [-0.2, -0.15) is 0 Å². The van der Waals surface area contributed by atoms with Crippen LogP contribution in [-0.2, 0) is 37.3 Å². The second kappa shape index (κ2) is 15.9. The molecule has 4 aromatic rings. The van der Waals surface area contributed by atoms with Gasteiger partial charge in [0.1, 0.15) is 17.6 Å². The summed E-state index contributed by atoms with van der Waals surface area (Å²) < 4.78 is 52.7. The molecule has 0 saturated carbocycles. The number of amides is 2. The van der Waals surface area contributed by atoms with Crippen molar-refractivity contribution in [2.75, 3.05) is 24.5 Å². The average Bonchev–Trinajstić information content (AvgIpc) is 3.60. The molecular formula is C35H35ClFN3O6S. The number of nitrogens with one attached hydrogen (secondary N) is 2. The highest BCUT2D eigenvalue weighted by Crippen LogP contribution is 2.21. The Balaban J connectivity index is 1.32. The first-order chi connectivity index (χ1) is 22.7. The van der Waals surface area contributed by atoms with Crippen molar-refractivity contribution in [3.63, 3.8) is 0 Å². The summed E-state index contributed by atoms with van der Waals surface area (Å²) in [6.45, 7) is 0.716. The van der Waals surface area contributed by atoms with Crippen molar-refractivity contribution in [2.45, 2.75) is 42.8 Å². The Labute approximate surface area is 278 Å². The standard InChI is InChI=1S/C35H35ClFN3O6S/c36-27-10-8-26(9-11-27)23-40(33(21-25-5-2-1-3-6-25)35(42)38-22-31-7-4-20-45-31)34(41)24-46-30-16-18-32(19-17-30)47(43,44)39-29-14-12-28(37)13-15-29/h1-3,5-6,8-19,31,33,39H,4,7,20-24H2,(H,38,42)/t31-,33-/m1/s1. The van der Waals surface area contributed by atoms with Gasteiger partial charge in [0.2, 0.25) is 5.91 Å². The van der Waals surface area contributed by atoms with Crippen LogP contribution in [0.2, 0.25) is 5.02 Å². The lowest BCUT2D eigenvalue weighted by molar-refractivity contribution is -0.143. The van der Waals surface area contributed by atoms with Crippen molar-refractivity contribution in [3.05, 3.63) is 125 Å². The molecule has 0 bridgehead atoms. The third-order valence-electron chi connectivity index (χ3n) is 7.66. The number of carbonyl (C=O) groups is 2. The van der Waals surface area contributed by atoms with Crippen LogP contribution < -0.4 is 14.8 Å². The quantitative estimate of drug-likeness (QED) is 0.180. The maximum absolute atomic E-state index is 13.9. The highest BCUT2D eigenvalue weighted by molar-refractivity contribution is 7.92. The van der Waals surface area contributed by atoms with Gasteiger partial charge in [0, 0.05) is 36.8 Å². The lowest BCUT2D eigenvalue weighted by Crippen LogP contribution is -2.52. The van der Waals surface area contributed by atoms with Gasteiger partial charge < -0.3 is 19.7 Å². The van der Waals surface area contributed by atoms with E-state index in [2.05, 4.69) is 10.0 Å². The van der Waals surface area contributed by atoms with Crippen LogP contribution >= 0.6 is 11.6 Å². The third-order valence-corrected chi connectivity index (χ3v) is 9.31. The fourth-order valence-electron chi connectivity index (χ4n) is 5.15.